The Bertz CT molecular complexity index is 1040. The summed E-state index contributed by atoms with van der Waals surface area (Å²) in [6.07, 6.45) is 4.41. The molecular weight excluding hydrogens is 388 g/mol. The molecule has 1 unspecified atom stereocenters. The molecule has 3 aromatic rings. The van der Waals surface area contributed by atoms with Crippen LogP contribution in [-0.4, -0.2) is 32.9 Å². The van der Waals surface area contributed by atoms with Crippen LogP contribution in [0.4, 0.5) is 0 Å². The Kier molecular flexibility index (Phi) is 5.32. The summed E-state index contributed by atoms with van der Waals surface area (Å²) in [6, 6.07) is 17.0. The fourth-order valence-electron chi connectivity index (χ4n) is 3.88. The molecule has 0 bridgehead atoms. The van der Waals surface area contributed by atoms with E-state index in [9.17, 15) is 14.7 Å². The molecule has 1 aromatic heterocycles. The zero-order valence-electron chi connectivity index (χ0n) is 15.5. The number of aliphatic carboxylic acids is 1. The molecule has 2 aromatic carbocycles. The monoisotopic (exact) mass is 406 g/mol. The van der Waals surface area contributed by atoms with Gasteiger partial charge in [0, 0.05) is 23.0 Å². The van der Waals surface area contributed by atoms with Gasteiger partial charge in [0.05, 0.1) is 6.04 Å². The molecule has 1 fully saturated rings. The first-order valence-corrected chi connectivity index (χ1v) is 9.74. The molecular formula is C23H19ClN2O3. The second-order valence-corrected chi connectivity index (χ2v) is 7.41. The number of rotatable bonds is 4. The average Bonchev–Trinajstić information content (AvgIpc) is 3.19. The molecule has 4 rings (SSSR count). The highest BCUT2D eigenvalue weighted by atomic mass is 35.5. The minimum atomic E-state index is -1.00. The second kappa shape index (κ2) is 8.05. The van der Waals surface area contributed by atoms with E-state index in [-0.39, 0.29) is 11.9 Å². The predicted molar refractivity (Wildman–Crippen MR) is 111 cm³/mol. The number of pyridine rings is 1. The number of hydrogen-bond donors (Lipinski definition) is 1. The van der Waals surface area contributed by atoms with Gasteiger partial charge in [-0.05, 0) is 53.8 Å². The number of hydrogen-bond acceptors (Lipinski definition) is 3. The Hall–Kier alpha value is -3.18. The number of carboxylic acid groups (broad SMARTS) is 1. The number of carbonyl (C=O) groups excluding carboxylic acids is 1. The van der Waals surface area contributed by atoms with Gasteiger partial charge in [-0.1, -0.05) is 48.0 Å². The van der Waals surface area contributed by atoms with Crippen molar-refractivity contribution in [3.63, 3.8) is 0 Å². The summed E-state index contributed by atoms with van der Waals surface area (Å²) in [5.74, 6) is -1.31. The Balaban J connectivity index is 1.67. The molecule has 146 valence electrons. The van der Waals surface area contributed by atoms with E-state index in [1.54, 1.807) is 30.6 Å². The predicted octanol–water partition coefficient (Wildman–Crippen LogP) is 4.83. The van der Waals surface area contributed by atoms with Crippen molar-refractivity contribution in [3.8, 4) is 11.1 Å². The van der Waals surface area contributed by atoms with Crippen LogP contribution in [0, 0.1) is 0 Å². The van der Waals surface area contributed by atoms with E-state index < -0.39 is 12.0 Å². The van der Waals surface area contributed by atoms with Crippen LogP contribution in [0.1, 0.15) is 34.8 Å². The van der Waals surface area contributed by atoms with Crippen LogP contribution in [0.2, 0.25) is 5.02 Å². The van der Waals surface area contributed by atoms with Gasteiger partial charge < -0.3 is 10.0 Å². The lowest BCUT2D eigenvalue weighted by atomic mass is 10.0. The van der Waals surface area contributed by atoms with Gasteiger partial charge in [0.25, 0.3) is 5.91 Å². The first-order valence-electron chi connectivity index (χ1n) is 9.36. The van der Waals surface area contributed by atoms with E-state index in [0.29, 0.717) is 23.4 Å². The zero-order valence-corrected chi connectivity index (χ0v) is 16.3. The minimum absolute atomic E-state index is 0.308. The Labute approximate surface area is 173 Å². The SMILES string of the molecule is O=C(O)[C@@H]1CCC(c2ccccc2Cl)N1C(=O)c1ccc(-c2cccnc2)cc1. The van der Waals surface area contributed by atoms with Crippen LogP contribution >= 0.6 is 11.6 Å². The third-order valence-electron chi connectivity index (χ3n) is 5.30. The maximum absolute atomic E-state index is 13.3. The molecule has 2 atom stereocenters. The summed E-state index contributed by atoms with van der Waals surface area (Å²) in [4.78, 5) is 30.7. The van der Waals surface area contributed by atoms with E-state index in [0.717, 1.165) is 16.7 Å². The lowest BCUT2D eigenvalue weighted by molar-refractivity contribution is -0.141. The first kappa shape index (κ1) is 19.2. The number of carboxylic acids is 1. The Morgan fingerprint density at radius 3 is 2.38 bits per heavy atom. The van der Waals surface area contributed by atoms with Crippen molar-refractivity contribution < 1.29 is 14.7 Å². The van der Waals surface area contributed by atoms with E-state index in [4.69, 9.17) is 11.6 Å². The molecule has 1 saturated heterocycles. The highest BCUT2D eigenvalue weighted by molar-refractivity contribution is 6.31. The zero-order chi connectivity index (χ0) is 20.4. The largest absolute Gasteiger partial charge is 0.480 e. The number of nitrogens with zero attached hydrogens (tertiary/aromatic N) is 2. The van der Waals surface area contributed by atoms with Gasteiger partial charge in [0.1, 0.15) is 6.04 Å². The maximum atomic E-state index is 13.3. The van der Waals surface area contributed by atoms with Gasteiger partial charge >= 0.3 is 5.97 Å². The summed E-state index contributed by atoms with van der Waals surface area (Å²) in [7, 11) is 0. The van der Waals surface area contributed by atoms with Crippen molar-refractivity contribution in [1.29, 1.82) is 0 Å². The average molecular weight is 407 g/mol. The van der Waals surface area contributed by atoms with Crippen molar-refractivity contribution in [2.75, 3.05) is 0 Å². The molecule has 6 heteroatoms. The van der Waals surface area contributed by atoms with E-state index >= 15 is 0 Å². The summed E-state index contributed by atoms with van der Waals surface area (Å²) < 4.78 is 0. The van der Waals surface area contributed by atoms with Crippen LogP contribution in [0.25, 0.3) is 11.1 Å². The van der Waals surface area contributed by atoms with Crippen molar-refractivity contribution >= 4 is 23.5 Å². The summed E-state index contributed by atoms with van der Waals surface area (Å²) in [5, 5.41) is 10.2. The lowest BCUT2D eigenvalue weighted by Gasteiger charge is -2.29. The summed E-state index contributed by atoms with van der Waals surface area (Å²) in [6.45, 7) is 0. The van der Waals surface area contributed by atoms with Crippen LogP contribution < -0.4 is 0 Å². The molecule has 1 N–H and O–H groups in total. The minimum Gasteiger partial charge on any atom is -0.480 e. The molecule has 29 heavy (non-hydrogen) atoms. The van der Waals surface area contributed by atoms with Gasteiger partial charge in [-0.15, -0.1) is 0 Å². The highest BCUT2D eigenvalue weighted by Crippen LogP contribution is 2.40. The number of halogens is 1. The molecule has 2 heterocycles. The van der Waals surface area contributed by atoms with Gasteiger partial charge in [-0.25, -0.2) is 4.79 Å². The second-order valence-electron chi connectivity index (χ2n) is 7.00. The highest BCUT2D eigenvalue weighted by Gasteiger charge is 2.42. The van der Waals surface area contributed by atoms with Crippen LogP contribution in [0.5, 0.6) is 0 Å². The third-order valence-corrected chi connectivity index (χ3v) is 5.64. The normalized spacial score (nSPS) is 18.6. The van der Waals surface area contributed by atoms with Crippen LogP contribution in [0.3, 0.4) is 0 Å². The van der Waals surface area contributed by atoms with Crippen LogP contribution in [0.15, 0.2) is 73.1 Å². The quantitative estimate of drug-likeness (QED) is 0.673. The lowest BCUT2D eigenvalue weighted by Crippen LogP contribution is -2.41. The Morgan fingerprint density at radius 1 is 0.966 bits per heavy atom. The van der Waals surface area contributed by atoms with Gasteiger partial charge in [-0.2, -0.15) is 0 Å². The van der Waals surface area contributed by atoms with Crippen molar-refractivity contribution in [1.82, 2.24) is 9.88 Å². The topological polar surface area (TPSA) is 70.5 Å². The number of amides is 1. The van der Waals surface area contributed by atoms with E-state index in [2.05, 4.69) is 4.98 Å². The third kappa shape index (κ3) is 3.74. The molecule has 0 saturated carbocycles. The summed E-state index contributed by atoms with van der Waals surface area (Å²) in [5.41, 5.74) is 3.11. The van der Waals surface area contributed by atoms with E-state index in [1.165, 1.54) is 4.90 Å². The van der Waals surface area contributed by atoms with Gasteiger partial charge in [-0.3, -0.25) is 9.78 Å². The Morgan fingerprint density at radius 2 is 1.72 bits per heavy atom. The van der Waals surface area contributed by atoms with Gasteiger partial charge in [0.15, 0.2) is 0 Å². The number of aromatic nitrogens is 1. The smallest absolute Gasteiger partial charge is 0.326 e. The standard InChI is InChI=1S/C23H19ClN2O3/c24-19-6-2-1-5-18(19)20-11-12-21(23(28)29)26(20)22(27)16-9-7-15(8-10-16)17-4-3-13-25-14-17/h1-10,13-14,20-21H,11-12H2,(H,28,29)/t20?,21-/m0/s1. The van der Waals surface area contributed by atoms with Crippen LogP contribution in [-0.2, 0) is 4.79 Å². The van der Waals surface area contributed by atoms with Crippen molar-refractivity contribution in [2.24, 2.45) is 0 Å². The molecule has 1 aliphatic heterocycles. The molecule has 5 nitrogen and oxygen atoms in total. The maximum Gasteiger partial charge on any atom is 0.326 e. The fourth-order valence-corrected chi connectivity index (χ4v) is 4.14. The first-order chi connectivity index (χ1) is 14.1. The van der Waals surface area contributed by atoms with Gasteiger partial charge in [0.2, 0.25) is 0 Å². The van der Waals surface area contributed by atoms with Crippen molar-refractivity contribution in [2.45, 2.75) is 24.9 Å². The van der Waals surface area contributed by atoms with Crippen molar-refractivity contribution in [3.05, 3.63) is 89.2 Å². The molecule has 0 spiro atoms. The van der Waals surface area contributed by atoms with E-state index in [1.807, 2.05) is 42.5 Å². The molecule has 1 aliphatic rings. The molecule has 0 radical (unpaired) electrons. The number of likely N-dealkylation sites (tertiary alicyclic amines) is 1. The number of benzene rings is 2. The number of carbonyl (C=O) groups is 2. The fraction of sp³-hybridized carbons (Fsp3) is 0.174. The summed E-state index contributed by atoms with van der Waals surface area (Å²) >= 11 is 6.34. The molecule has 0 aliphatic carbocycles. The molecule has 1 amide bonds.